The Bertz CT molecular complexity index is 569. The largest absolute Gasteiger partial charge is 0.409 e. The first kappa shape index (κ1) is 15.1. The van der Waals surface area contributed by atoms with Crippen LogP contribution in [0.15, 0.2) is 11.3 Å². The third-order valence-corrected chi connectivity index (χ3v) is 2.95. The number of aliphatic hydroxyl groups excluding tert-OH is 3. The van der Waals surface area contributed by atoms with E-state index in [1.165, 1.54) is 0 Å². The Labute approximate surface area is 117 Å². The first-order valence-corrected chi connectivity index (χ1v) is 5.80. The van der Waals surface area contributed by atoms with Gasteiger partial charge in [0.2, 0.25) is 12.1 Å². The summed E-state index contributed by atoms with van der Waals surface area (Å²) in [6.45, 7) is -0.539. The van der Waals surface area contributed by atoms with Crippen molar-refractivity contribution in [1.29, 1.82) is 0 Å². The Morgan fingerprint density at radius 2 is 2.19 bits per heavy atom. The molecule has 0 amide bonds. The van der Waals surface area contributed by atoms with Crippen LogP contribution in [0.2, 0.25) is 0 Å². The van der Waals surface area contributed by atoms with E-state index in [-0.39, 0.29) is 5.82 Å². The Hall–Kier alpha value is -2.28. The molecular formula is C9H14N6O6. The molecule has 0 aliphatic carbocycles. The Kier molecular flexibility index (Phi) is 4.04. The van der Waals surface area contributed by atoms with Crippen LogP contribution in [0.3, 0.4) is 0 Å². The van der Waals surface area contributed by atoms with E-state index in [1.807, 2.05) is 0 Å². The van der Waals surface area contributed by atoms with Gasteiger partial charge in [0.1, 0.15) is 18.3 Å². The number of aliphatic hydroxyl groups is 3. The standard InChI is InChI=1S/C9H14N6O6/c10-9(11)13-7-6(15(19)20)12-2-14(7)8-5(18)4(17)3(1-16)21-8/h2-5,8,16-18H,1H2,(H4,10,11,13)/t3-,4-,5-,8-/m1/s1. The lowest BCUT2D eigenvalue weighted by Crippen LogP contribution is -2.33. The average molecular weight is 302 g/mol. The van der Waals surface area contributed by atoms with Gasteiger partial charge in [0.25, 0.3) is 0 Å². The number of ether oxygens (including phenoxy) is 1. The van der Waals surface area contributed by atoms with E-state index < -0.39 is 47.8 Å². The van der Waals surface area contributed by atoms with Gasteiger partial charge in [-0.1, -0.05) is 0 Å². The van der Waals surface area contributed by atoms with Crippen LogP contribution < -0.4 is 11.5 Å². The van der Waals surface area contributed by atoms with Crippen LogP contribution in [0.5, 0.6) is 0 Å². The second kappa shape index (κ2) is 5.61. The Balaban J connectivity index is 2.45. The van der Waals surface area contributed by atoms with Crippen molar-refractivity contribution >= 4 is 17.6 Å². The van der Waals surface area contributed by atoms with Gasteiger partial charge in [-0.05, 0) is 9.91 Å². The zero-order valence-electron chi connectivity index (χ0n) is 10.6. The summed E-state index contributed by atoms with van der Waals surface area (Å²) < 4.78 is 6.25. The van der Waals surface area contributed by atoms with E-state index in [2.05, 4.69) is 9.98 Å². The minimum absolute atomic E-state index is 0.338. The van der Waals surface area contributed by atoms with Crippen LogP contribution in [0, 0.1) is 10.1 Å². The number of imidazole rings is 1. The van der Waals surface area contributed by atoms with Crippen LogP contribution in [-0.2, 0) is 4.74 Å². The highest BCUT2D eigenvalue weighted by molar-refractivity contribution is 5.79. The molecule has 1 aliphatic heterocycles. The van der Waals surface area contributed by atoms with Crippen molar-refractivity contribution in [3.63, 3.8) is 0 Å². The molecule has 116 valence electrons. The van der Waals surface area contributed by atoms with Crippen molar-refractivity contribution in [1.82, 2.24) is 9.55 Å². The van der Waals surface area contributed by atoms with Crippen molar-refractivity contribution in [2.45, 2.75) is 24.5 Å². The zero-order valence-corrected chi connectivity index (χ0v) is 10.6. The molecule has 0 bridgehead atoms. The van der Waals surface area contributed by atoms with Gasteiger partial charge in [0, 0.05) is 0 Å². The van der Waals surface area contributed by atoms with E-state index >= 15 is 0 Å². The van der Waals surface area contributed by atoms with Crippen LogP contribution in [0.1, 0.15) is 6.23 Å². The predicted octanol–water partition coefficient (Wildman–Crippen LogP) is -2.69. The number of hydrogen-bond donors (Lipinski definition) is 5. The van der Waals surface area contributed by atoms with E-state index in [0.717, 1.165) is 10.9 Å². The molecule has 4 atom stereocenters. The Morgan fingerprint density at radius 1 is 1.52 bits per heavy atom. The highest BCUT2D eigenvalue weighted by Crippen LogP contribution is 2.36. The predicted molar refractivity (Wildman–Crippen MR) is 67.4 cm³/mol. The SMILES string of the molecule is NC(N)=Nc1c([N+](=O)[O-])ncn1[C@@H]1O[C@H](CO)[C@@H](O)[C@H]1O. The summed E-state index contributed by atoms with van der Waals surface area (Å²) in [5.41, 5.74) is 10.4. The second-order valence-corrected chi connectivity index (χ2v) is 4.32. The van der Waals surface area contributed by atoms with Crippen molar-refractivity contribution in [2.75, 3.05) is 6.61 Å². The molecule has 0 saturated carbocycles. The number of nitro groups is 1. The third-order valence-electron chi connectivity index (χ3n) is 2.95. The van der Waals surface area contributed by atoms with Crippen LogP contribution >= 0.6 is 0 Å². The van der Waals surface area contributed by atoms with Gasteiger partial charge in [0.05, 0.1) is 6.61 Å². The van der Waals surface area contributed by atoms with E-state index in [9.17, 15) is 20.3 Å². The zero-order chi connectivity index (χ0) is 15.7. The Morgan fingerprint density at radius 3 is 2.67 bits per heavy atom. The molecule has 7 N–H and O–H groups in total. The quantitative estimate of drug-likeness (QED) is 0.170. The molecular weight excluding hydrogens is 288 g/mol. The average Bonchev–Trinajstić information content (AvgIpc) is 2.92. The van der Waals surface area contributed by atoms with Gasteiger partial charge < -0.3 is 41.6 Å². The van der Waals surface area contributed by atoms with E-state index in [0.29, 0.717) is 0 Å². The number of nitrogens with two attached hydrogens (primary N) is 2. The minimum Gasteiger partial charge on any atom is -0.394 e. The molecule has 0 aromatic carbocycles. The van der Waals surface area contributed by atoms with Crippen molar-refractivity contribution in [2.24, 2.45) is 16.5 Å². The molecule has 2 heterocycles. The van der Waals surface area contributed by atoms with Crippen LogP contribution in [0.25, 0.3) is 0 Å². The summed E-state index contributed by atoms with van der Waals surface area (Å²) >= 11 is 0. The number of rotatable bonds is 4. The molecule has 21 heavy (non-hydrogen) atoms. The maximum Gasteiger partial charge on any atom is 0.409 e. The minimum atomic E-state index is -1.44. The molecule has 0 spiro atoms. The highest BCUT2D eigenvalue weighted by atomic mass is 16.6. The number of aliphatic imine (C=N–C) groups is 1. The van der Waals surface area contributed by atoms with Gasteiger partial charge in [-0.25, -0.2) is 0 Å². The second-order valence-electron chi connectivity index (χ2n) is 4.32. The molecule has 1 aliphatic rings. The number of aromatic nitrogens is 2. The van der Waals surface area contributed by atoms with Gasteiger partial charge in [-0.2, -0.15) is 4.99 Å². The van der Waals surface area contributed by atoms with Gasteiger partial charge in [-0.3, -0.25) is 4.57 Å². The molecule has 2 rings (SSSR count). The van der Waals surface area contributed by atoms with Gasteiger partial charge in [-0.15, -0.1) is 0 Å². The summed E-state index contributed by atoms with van der Waals surface area (Å²) in [5, 5.41) is 39.5. The summed E-state index contributed by atoms with van der Waals surface area (Å²) in [6.07, 6.45) is -4.08. The highest BCUT2D eigenvalue weighted by Gasteiger charge is 2.45. The van der Waals surface area contributed by atoms with E-state index in [1.54, 1.807) is 0 Å². The molecule has 12 heteroatoms. The summed E-state index contributed by atoms with van der Waals surface area (Å²) in [4.78, 5) is 17.2. The maximum atomic E-state index is 10.9. The van der Waals surface area contributed by atoms with Crippen LogP contribution in [-0.4, -0.2) is 60.7 Å². The fourth-order valence-corrected chi connectivity index (χ4v) is 2.00. The summed E-state index contributed by atoms with van der Waals surface area (Å²) in [7, 11) is 0. The number of nitrogens with zero attached hydrogens (tertiary/aromatic N) is 4. The number of guanidine groups is 1. The number of hydrogen-bond acceptors (Lipinski definition) is 8. The molecule has 12 nitrogen and oxygen atoms in total. The van der Waals surface area contributed by atoms with Crippen LogP contribution in [0.4, 0.5) is 11.6 Å². The van der Waals surface area contributed by atoms with Crippen molar-refractivity contribution in [3.8, 4) is 0 Å². The fourth-order valence-electron chi connectivity index (χ4n) is 2.00. The third kappa shape index (κ3) is 2.64. The smallest absolute Gasteiger partial charge is 0.394 e. The lowest BCUT2D eigenvalue weighted by molar-refractivity contribution is -0.388. The molecule has 1 aromatic heterocycles. The molecule has 1 saturated heterocycles. The van der Waals surface area contributed by atoms with E-state index in [4.69, 9.17) is 21.3 Å². The fraction of sp³-hybridized carbons (Fsp3) is 0.556. The molecule has 0 unspecified atom stereocenters. The first-order valence-electron chi connectivity index (χ1n) is 5.80. The lowest BCUT2D eigenvalue weighted by atomic mass is 10.1. The molecule has 0 radical (unpaired) electrons. The topological polar surface area (TPSA) is 195 Å². The molecule has 1 aromatic rings. The van der Waals surface area contributed by atoms with Gasteiger partial charge >= 0.3 is 5.82 Å². The van der Waals surface area contributed by atoms with Crippen molar-refractivity contribution in [3.05, 3.63) is 16.4 Å². The summed E-state index contributed by atoms with van der Waals surface area (Å²) in [5.74, 6) is -1.43. The monoisotopic (exact) mass is 302 g/mol. The maximum absolute atomic E-state index is 10.9. The summed E-state index contributed by atoms with van der Waals surface area (Å²) in [6, 6.07) is 0. The first-order chi connectivity index (χ1) is 9.86. The lowest BCUT2D eigenvalue weighted by Gasteiger charge is -2.16. The molecule has 1 fully saturated rings. The normalized spacial score (nSPS) is 28.5. The van der Waals surface area contributed by atoms with Crippen molar-refractivity contribution < 1.29 is 25.0 Å². The van der Waals surface area contributed by atoms with Gasteiger partial charge in [0.15, 0.2) is 12.2 Å².